The number of nitrogens with zero attached hydrogens (tertiary/aromatic N) is 1. The van der Waals surface area contributed by atoms with Crippen molar-refractivity contribution in [1.29, 1.82) is 0 Å². The van der Waals surface area contributed by atoms with Gasteiger partial charge in [0.1, 0.15) is 5.75 Å². The summed E-state index contributed by atoms with van der Waals surface area (Å²) in [7, 11) is -3.49. The molecule has 0 spiro atoms. The molecule has 0 heterocycles. The zero-order chi connectivity index (χ0) is 21.7. The van der Waals surface area contributed by atoms with Crippen LogP contribution in [0.3, 0.4) is 0 Å². The van der Waals surface area contributed by atoms with E-state index in [0.717, 1.165) is 17.9 Å². The van der Waals surface area contributed by atoms with Crippen LogP contribution in [0.1, 0.15) is 55.6 Å². The normalized spacial score (nSPS) is 15.1. The van der Waals surface area contributed by atoms with Gasteiger partial charge in [0.25, 0.3) is 5.91 Å². The van der Waals surface area contributed by atoms with E-state index in [1.165, 1.54) is 17.1 Å². The van der Waals surface area contributed by atoms with E-state index in [0.29, 0.717) is 24.6 Å². The Morgan fingerprint density at radius 2 is 1.67 bits per heavy atom. The molecule has 2 aromatic carbocycles. The van der Waals surface area contributed by atoms with E-state index in [9.17, 15) is 13.2 Å². The van der Waals surface area contributed by atoms with E-state index < -0.39 is 10.0 Å². The number of ether oxygens (including phenoxy) is 1. The molecule has 0 radical (unpaired) electrons. The summed E-state index contributed by atoms with van der Waals surface area (Å²) >= 11 is 0. The predicted molar refractivity (Wildman–Crippen MR) is 117 cm³/mol. The van der Waals surface area contributed by atoms with Crippen LogP contribution in [-0.2, 0) is 10.0 Å². The van der Waals surface area contributed by atoms with Crippen molar-refractivity contribution in [2.45, 2.75) is 44.6 Å². The summed E-state index contributed by atoms with van der Waals surface area (Å²) < 4.78 is 32.3. The Morgan fingerprint density at radius 1 is 1.07 bits per heavy atom. The van der Waals surface area contributed by atoms with Crippen LogP contribution in [0.25, 0.3) is 0 Å². The average molecular weight is 431 g/mol. The number of carbonyl (C=O) groups is 1. The Hall–Kier alpha value is -2.38. The van der Waals surface area contributed by atoms with Gasteiger partial charge >= 0.3 is 0 Å². The van der Waals surface area contributed by atoms with Crippen LogP contribution in [0.15, 0.2) is 53.4 Å². The molecular formula is C23H30N2O4S. The van der Waals surface area contributed by atoms with Crippen LogP contribution in [-0.4, -0.2) is 38.3 Å². The van der Waals surface area contributed by atoms with Gasteiger partial charge in [0.05, 0.1) is 17.5 Å². The number of amides is 1. The molecular weight excluding hydrogens is 400 g/mol. The molecule has 0 aromatic heterocycles. The maximum Gasteiger partial charge on any atom is 0.251 e. The number of benzene rings is 2. The third-order valence-corrected chi connectivity index (χ3v) is 7.43. The number of hydrogen-bond acceptors (Lipinski definition) is 4. The third kappa shape index (κ3) is 5.40. The molecule has 1 aliphatic rings. The van der Waals surface area contributed by atoms with Crippen LogP contribution in [0.4, 0.5) is 0 Å². The van der Waals surface area contributed by atoms with Crippen LogP contribution in [0.2, 0.25) is 0 Å². The first-order chi connectivity index (χ1) is 14.3. The Labute approximate surface area is 179 Å². The monoisotopic (exact) mass is 430 g/mol. The van der Waals surface area contributed by atoms with Gasteiger partial charge in [-0.3, -0.25) is 4.79 Å². The summed E-state index contributed by atoms with van der Waals surface area (Å²) in [6.45, 7) is 7.11. The zero-order valence-corrected chi connectivity index (χ0v) is 18.6. The fourth-order valence-electron chi connectivity index (χ4n) is 3.21. The Kier molecular flexibility index (Phi) is 7.15. The van der Waals surface area contributed by atoms with Crippen molar-refractivity contribution in [3.05, 3.63) is 59.7 Å². The number of sulfonamides is 1. The molecule has 162 valence electrons. The van der Waals surface area contributed by atoms with Gasteiger partial charge in [-0.25, -0.2) is 8.42 Å². The molecule has 6 nitrogen and oxygen atoms in total. The van der Waals surface area contributed by atoms with E-state index in [-0.39, 0.29) is 16.8 Å². The zero-order valence-electron chi connectivity index (χ0n) is 17.8. The minimum absolute atomic E-state index is 0.184. The van der Waals surface area contributed by atoms with Crippen LogP contribution in [0.5, 0.6) is 5.75 Å². The van der Waals surface area contributed by atoms with Gasteiger partial charge in [-0.15, -0.1) is 0 Å². The van der Waals surface area contributed by atoms with Crippen molar-refractivity contribution in [1.82, 2.24) is 9.62 Å². The lowest BCUT2D eigenvalue weighted by molar-refractivity contribution is 0.0940. The van der Waals surface area contributed by atoms with E-state index >= 15 is 0 Å². The molecule has 30 heavy (non-hydrogen) atoms. The summed E-state index contributed by atoms with van der Waals surface area (Å²) in [5.74, 6) is 1.27. The van der Waals surface area contributed by atoms with Crippen molar-refractivity contribution in [2.75, 3.05) is 19.7 Å². The highest BCUT2D eigenvalue weighted by molar-refractivity contribution is 7.89. The first-order valence-corrected chi connectivity index (χ1v) is 11.9. The fraction of sp³-hybridized carbons (Fsp3) is 0.435. The molecule has 1 N–H and O–H groups in total. The highest BCUT2D eigenvalue weighted by Crippen LogP contribution is 2.29. The molecule has 1 atom stereocenters. The molecule has 1 unspecified atom stereocenters. The molecule has 0 aliphatic heterocycles. The van der Waals surface area contributed by atoms with Crippen molar-refractivity contribution >= 4 is 15.9 Å². The lowest BCUT2D eigenvalue weighted by atomic mass is 10.1. The minimum atomic E-state index is -3.49. The third-order valence-electron chi connectivity index (χ3n) is 5.37. The smallest absolute Gasteiger partial charge is 0.251 e. The highest BCUT2D eigenvalue weighted by Gasteiger charge is 2.23. The summed E-state index contributed by atoms with van der Waals surface area (Å²) in [5, 5.41) is 2.96. The van der Waals surface area contributed by atoms with E-state index in [1.54, 1.807) is 36.4 Å². The van der Waals surface area contributed by atoms with Crippen LogP contribution >= 0.6 is 0 Å². The molecule has 3 rings (SSSR count). The second-order valence-corrected chi connectivity index (χ2v) is 9.57. The lowest BCUT2D eigenvalue weighted by Gasteiger charge is -2.19. The van der Waals surface area contributed by atoms with E-state index in [4.69, 9.17) is 4.74 Å². The van der Waals surface area contributed by atoms with Crippen molar-refractivity contribution in [3.63, 3.8) is 0 Å². The molecule has 2 aromatic rings. The molecule has 0 bridgehead atoms. The van der Waals surface area contributed by atoms with Crippen LogP contribution in [0, 0.1) is 5.92 Å². The second kappa shape index (κ2) is 9.62. The van der Waals surface area contributed by atoms with Gasteiger partial charge in [-0.1, -0.05) is 26.0 Å². The fourth-order valence-corrected chi connectivity index (χ4v) is 4.66. The summed E-state index contributed by atoms with van der Waals surface area (Å²) in [5.41, 5.74) is 1.40. The maximum absolute atomic E-state index is 12.6. The average Bonchev–Trinajstić information content (AvgIpc) is 3.58. The summed E-state index contributed by atoms with van der Waals surface area (Å²) in [4.78, 5) is 12.8. The van der Waals surface area contributed by atoms with E-state index in [1.807, 2.05) is 32.9 Å². The van der Waals surface area contributed by atoms with Gasteiger partial charge in [-0.05, 0) is 67.6 Å². The topological polar surface area (TPSA) is 75.7 Å². The predicted octanol–water partition coefficient (Wildman–Crippen LogP) is 4.00. The molecule has 1 aliphatic carbocycles. The standard InChI is InChI=1S/C23H30N2O4S/c1-4-25(5-2)30(27,28)22-14-10-19(11-15-22)17(3)24-23(26)20-8-12-21(13-9-20)29-16-18-6-7-18/h8-15,17-18H,4-7,16H2,1-3H3,(H,24,26). The van der Waals surface area contributed by atoms with E-state index in [2.05, 4.69) is 5.32 Å². The molecule has 1 saturated carbocycles. The molecule has 1 amide bonds. The Morgan fingerprint density at radius 3 is 2.20 bits per heavy atom. The maximum atomic E-state index is 12.6. The quantitative estimate of drug-likeness (QED) is 0.618. The molecule has 7 heteroatoms. The lowest BCUT2D eigenvalue weighted by Crippen LogP contribution is -2.30. The van der Waals surface area contributed by atoms with Crippen LogP contribution < -0.4 is 10.1 Å². The number of hydrogen-bond donors (Lipinski definition) is 1. The molecule has 1 fully saturated rings. The number of carbonyl (C=O) groups excluding carboxylic acids is 1. The van der Waals surface area contributed by atoms with Gasteiger partial charge in [-0.2, -0.15) is 4.31 Å². The van der Waals surface area contributed by atoms with Crippen molar-refractivity contribution in [3.8, 4) is 5.75 Å². The number of nitrogens with one attached hydrogen (secondary N) is 1. The van der Waals surface area contributed by atoms with Gasteiger partial charge in [0.2, 0.25) is 10.0 Å². The Balaban J connectivity index is 1.60. The van der Waals surface area contributed by atoms with Crippen molar-refractivity contribution in [2.24, 2.45) is 5.92 Å². The van der Waals surface area contributed by atoms with Gasteiger partial charge < -0.3 is 10.1 Å². The Bertz CT molecular complexity index is 948. The summed E-state index contributed by atoms with van der Waals surface area (Å²) in [6, 6.07) is 13.6. The van der Waals surface area contributed by atoms with Gasteiger partial charge in [0.15, 0.2) is 0 Å². The van der Waals surface area contributed by atoms with Gasteiger partial charge in [0, 0.05) is 18.7 Å². The largest absolute Gasteiger partial charge is 0.493 e. The molecule has 0 saturated heterocycles. The summed E-state index contributed by atoms with van der Waals surface area (Å²) in [6.07, 6.45) is 2.47. The number of rotatable bonds is 10. The highest BCUT2D eigenvalue weighted by atomic mass is 32.2. The SMILES string of the molecule is CCN(CC)S(=O)(=O)c1ccc(C(C)NC(=O)c2ccc(OCC3CC3)cc2)cc1. The second-order valence-electron chi connectivity index (χ2n) is 7.63. The first-order valence-electron chi connectivity index (χ1n) is 10.5. The van der Waals surface area contributed by atoms with Crippen molar-refractivity contribution < 1.29 is 17.9 Å². The minimum Gasteiger partial charge on any atom is -0.493 e. The first kappa shape index (κ1) is 22.3.